The largest absolute Gasteiger partial charge is 0.493 e. The number of rotatable bonds is 6. The molecule has 1 heterocycles. The van der Waals surface area contributed by atoms with Gasteiger partial charge in [0.15, 0.2) is 16.9 Å². The molecule has 1 aliphatic rings. The van der Waals surface area contributed by atoms with Crippen LogP contribution in [0.15, 0.2) is 18.2 Å². The highest BCUT2D eigenvalue weighted by Crippen LogP contribution is 2.46. The van der Waals surface area contributed by atoms with E-state index in [0.29, 0.717) is 11.5 Å². The van der Waals surface area contributed by atoms with Gasteiger partial charge in [0.25, 0.3) is 0 Å². The standard InChI is InChI=1S/C18H22F3NO5/c1-11(8-12-4-5-13(26-2)14(9-12)27-3)15(23)22-7-6-17(10-22,16(24)25)18(19,20)21/h4-5,9,11H,6-8,10H2,1-3H3,(H,24,25). The zero-order valence-corrected chi connectivity index (χ0v) is 15.3. The Morgan fingerprint density at radius 3 is 2.37 bits per heavy atom. The number of aliphatic carboxylic acids is 1. The van der Waals surface area contributed by atoms with Crippen molar-refractivity contribution < 1.29 is 37.3 Å². The summed E-state index contributed by atoms with van der Waals surface area (Å²) in [6.07, 6.45) is -5.27. The zero-order chi connectivity index (χ0) is 20.4. The van der Waals surface area contributed by atoms with E-state index in [1.54, 1.807) is 25.1 Å². The summed E-state index contributed by atoms with van der Waals surface area (Å²) in [5.41, 5.74) is -2.14. The van der Waals surface area contributed by atoms with Gasteiger partial charge >= 0.3 is 12.1 Å². The van der Waals surface area contributed by atoms with E-state index in [2.05, 4.69) is 0 Å². The molecular weight excluding hydrogens is 367 g/mol. The van der Waals surface area contributed by atoms with Crippen molar-refractivity contribution in [3.8, 4) is 11.5 Å². The number of carboxylic acids is 1. The minimum absolute atomic E-state index is 0.235. The zero-order valence-electron chi connectivity index (χ0n) is 15.3. The van der Waals surface area contributed by atoms with Gasteiger partial charge in [0, 0.05) is 19.0 Å². The first-order valence-electron chi connectivity index (χ1n) is 8.35. The van der Waals surface area contributed by atoms with Crippen LogP contribution in [0.3, 0.4) is 0 Å². The van der Waals surface area contributed by atoms with Gasteiger partial charge in [-0.2, -0.15) is 13.2 Å². The van der Waals surface area contributed by atoms with Crippen molar-refractivity contribution in [1.29, 1.82) is 0 Å². The molecule has 2 rings (SSSR count). The van der Waals surface area contributed by atoms with Crippen molar-refractivity contribution in [2.75, 3.05) is 27.3 Å². The van der Waals surface area contributed by atoms with Crippen LogP contribution in [0.4, 0.5) is 13.2 Å². The molecule has 0 aliphatic carbocycles. The first-order chi connectivity index (χ1) is 12.6. The molecular formula is C18H22F3NO5. The number of hydrogen-bond acceptors (Lipinski definition) is 4. The summed E-state index contributed by atoms with van der Waals surface area (Å²) in [4.78, 5) is 24.8. The second kappa shape index (κ2) is 7.66. The van der Waals surface area contributed by atoms with Gasteiger partial charge in [0.05, 0.1) is 14.2 Å². The molecule has 2 atom stereocenters. The molecule has 0 radical (unpaired) electrons. The van der Waals surface area contributed by atoms with E-state index >= 15 is 0 Å². The molecule has 1 amide bonds. The summed E-state index contributed by atoms with van der Waals surface area (Å²) in [7, 11) is 2.97. The van der Waals surface area contributed by atoms with Crippen LogP contribution in [0.2, 0.25) is 0 Å². The number of carboxylic acid groups (broad SMARTS) is 1. The third-order valence-electron chi connectivity index (χ3n) is 4.94. The Kier molecular flexibility index (Phi) is 5.91. The van der Waals surface area contributed by atoms with E-state index in [1.807, 2.05) is 0 Å². The Morgan fingerprint density at radius 2 is 1.89 bits per heavy atom. The highest BCUT2D eigenvalue weighted by molar-refractivity contribution is 5.82. The molecule has 0 aromatic heterocycles. The van der Waals surface area contributed by atoms with E-state index in [1.165, 1.54) is 14.2 Å². The van der Waals surface area contributed by atoms with Crippen molar-refractivity contribution in [1.82, 2.24) is 4.90 Å². The molecule has 1 saturated heterocycles. The molecule has 27 heavy (non-hydrogen) atoms. The molecule has 150 valence electrons. The quantitative estimate of drug-likeness (QED) is 0.810. The number of ether oxygens (including phenoxy) is 2. The molecule has 1 aromatic rings. The number of carbonyl (C=O) groups is 2. The van der Waals surface area contributed by atoms with Crippen LogP contribution < -0.4 is 9.47 Å². The van der Waals surface area contributed by atoms with Crippen molar-refractivity contribution in [3.05, 3.63) is 23.8 Å². The van der Waals surface area contributed by atoms with E-state index < -0.39 is 42.4 Å². The summed E-state index contributed by atoms with van der Waals surface area (Å²) >= 11 is 0. The summed E-state index contributed by atoms with van der Waals surface area (Å²) in [6, 6.07) is 5.12. The minimum atomic E-state index is -4.92. The normalized spacial score (nSPS) is 21.0. The van der Waals surface area contributed by atoms with Crippen LogP contribution in [-0.2, 0) is 16.0 Å². The minimum Gasteiger partial charge on any atom is -0.493 e. The first-order valence-corrected chi connectivity index (χ1v) is 8.35. The van der Waals surface area contributed by atoms with Gasteiger partial charge in [-0.3, -0.25) is 9.59 Å². The van der Waals surface area contributed by atoms with Crippen LogP contribution in [0.1, 0.15) is 18.9 Å². The summed E-state index contributed by atoms with van der Waals surface area (Å²) in [5, 5.41) is 9.10. The number of amides is 1. The van der Waals surface area contributed by atoms with Gasteiger partial charge in [-0.15, -0.1) is 0 Å². The smallest absolute Gasteiger partial charge is 0.406 e. The lowest BCUT2D eigenvalue weighted by Gasteiger charge is -2.28. The predicted molar refractivity (Wildman–Crippen MR) is 89.7 cm³/mol. The summed E-state index contributed by atoms with van der Waals surface area (Å²) < 4.78 is 50.1. The number of nitrogens with zero attached hydrogens (tertiary/aromatic N) is 1. The van der Waals surface area contributed by atoms with Gasteiger partial charge in [-0.25, -0.2) is 0 Å². The van der Waals surface area contributed by atoms with Gasteiger partial charge in [-0.05, 0) is 30.5 Å². The Labute approximate surface area is 154 Å². The maximum absolute atomic E-state index is 13.3. The molecule has 9 heteroatoms. The Bertz CT molecular complexity index is 721. The fraction of sp³-hybridized carbons (Fsp3) is 0.556. The highest BCUT2D eigenvalue weighted by Gasteiger charge is 2.64. The molecule has 1 aliphatic heterocycles. The fourth-order valence-corrected chi connectivity index (χ4v) is 3.29. The molecule has 0 spiro atoms. The molecule has 2 unspecified atom stereocenters. The number of halogens is 3. The number of methoxy groups -OCH3 is 2. The van der Waals surface area contributed by atoms with Gasteiger partial charge < -0.3 is 19.5 Å². The first kappa shape index (κ1) is 20.9. The number of likely N-dealkylation sites (tertiary alicyclic amines) is 1. The second-order valence-corrected chi connectivity index (χ2v) is 6.69. The third kappa shape index (κ3) is 3.96. The van der Waals surface area contributed by atoms with Crippen LogP contribution in [0, 0.1) is 11.3 Å². The number of carbonyl (C=O) groups excluding carboxylic acids is 1. The van der Waals surface area contributed by atoms with Crippen LogP contribution in [0.5, 0.6) is 11.5 Å². The van der Waals surface area contributed by atoms with E-state index in [0.717, 1.165) is 10.5 Å². The van der Waals surface area contributed by atoms with E-state index in [4.69, 9.17) is 14.6 Å². The monoisotopic (exact) mass is 389 g/mol. The molecule has 6 nitrogen and oxygen atoms in total. The number of hydrogen-bond donors (Lipinski definition) is 1. The molecule has 1 N–H and O–H groups in total. The number of benzene rings is 1. The maximum atomic E-state index is 13.3. The van der Waals surface area contributed by atoms with E-state index in [9.17, 15) is 22.8 Å². The SMILES string of the molecule is COc1ccc(CC(C)C(=O)N2CCC(C(=O)O)(C(F)(F)F)C2)cc1OC. The number of alkyl halides is 3. The third-order valence-corrected chi connectivity index (χ3v) is 4.94. The Balaban J connectivity index is 2.11. The lowest BCUT2D eigenvalue weighted by atomic mass is 9.86. The lowest BCUT2D eigenvalue weighted by molar-refractivity contribution is -0.227. The van der Waals surface area contributed by atoms with Crippen LogP contribution in [0.25, 0.3) is 0 Å². The second-order valence-electron chi connectivity index (χ2n) is 6.69. The lowest BCUT2D eigenvalue weighted by Crippen LogP contribution is -2.48. The average Bonchev–Trinajstić information content (AvgIpc) is 3.07. The molecule has 1 aromatic carbocycles. The van der Waals surface area contributed by atoms with Gasteiger partial charge in [-0.1, -0.05) is 13.0 Å². The Hall–Kier alpha value is -2.45. The van der Waals surface area contributed by atoms with Crippen molar-refractivity contribution in [2.45, 2.75) is 25.9 Å². The molecule has 0 bridgehead atoms. The molecule has 1 fully saturated rings. The highest BCUT2D eigenvalue weighted by atomic mass is 19.4. The summed E-state index contributed by atoms with van der Waals surface area (Å²) in [6.45, 7) is 0.509. The molecule has 0 saturated carbocycles. The van der Waals surface area contributed by atoms with E-state index in [-0.39, 0.29) is 13.0 Å². The van der Waals surface area contributed by atoms with Crippen molar-refractivity contribution >= 4 is 11.9 Å². The summed E-state index contributed by atoms with van der Waals surface area (Å²) in [5.74, 6) is -2.05. The average molecular weight is 389 g/mol. The van der Waals surface area contributed by atoms with Crippen LogP contribution >= 0.6 is 0 Å². The van der Waals surface area contributed by atoms with Crippen molar-refractivity contribution in [2.24, 2.45) is 11.3 Å². The predicted octanol–water partition coefficient (Wildman–Crippen LogP) is 2.75. The van der Waals surface area contributed by atoms with Gasteiger partial charge in [0.2, 0.25) is 5.91 Å². The fourth-order valence-electron chi connectivity index (χ4n) is 3.29. The van der Waals surface area contributed by atoms with Crippen molar-refractivity contribution in [3.63, 3.8) is 0 Å². The topological polar surface area (TPSA) is 76.1 Å². The van der Waals surface area contributed by atoms with Crippen LogP contribution in [-0.4, -0.2) is 55.4 Å². The Morgan fingerprint density at radius 1 is 1.26 bits per heavy atom. The van der Waals surface area contributed by atoms with Gasteiger partial charge in [0.1, 0.15) is 0 Å². The maximum Gasteiger partial charge on any atom is 0.406 e.